The van der Waals surface area contributed by atoms with Crippen molar-refractivity contribution in [1.82, 2.24) is 0 Å². The summed E-state index contributed by atoms with van der Waals surface area (Å²) < 4.78 is 0. The van der Waals surface area contributed by atoms with Crippen LogP contribution in [0.15, 0.2) is 0 Å². The van der Waals surface area contributed by atoms with E-state index in [1.54, 1.807) is 0 Å². The van der Waals surface area contributed by atoms with Gasteiger partial charge in [-0.3, -0.25) is 0 Å². The van der Waals surface area contributed by atoms with Crippen LogP contribution in [0.1, 0.15) is 46.5 Å². The van der Waals surface area contributed by atoms with E-state index >= 15 is 0 Å². The normalized spacial score (nSPS) is 19.6. The zero-order valence-electron chi connectivity index (χ0n) is 10.2. The molecule has 0 radical (unpaired) electrons. The van der Waals surface area contributed by atoms with E-state index in [1.165, 1.54) is 0 Å². The predicted octanol–water partition coefficient (Wildman–Crippen LogP) is 1.55. The molecule has 0 saturated heterocycles. The van der Waals surface area contributed by atoms with Crippen LogP contribution in [-0.2, 0) is 0 Å². The number of aliphatic hydroxyl groups excluding tert-OH is 3. The van der Waals surface area contributed by atoms with Crippen molar-refractivity contribution in [1.29, 1.82) is 0 Å². The second-order valence-corrected chi connectivity index (χ2v) is 4.52. The van der Waals surface area contributed by atoms with Crippen LogP contribution in [-0.4, -0.2) is 34.1 Å². The fourth-order valence-electron chi connectivity index (χ4n) is 1.72. The van der Waals surface area contributed by atoms with E-state index in [9.17, 15) is 10.2 Å². The van der Waals surface area contributed by atoms with Gasteiger partial charge in [-0.2, -0.15) is 0 Å². The molecule has 0 aliphatic carbocycles. The van der Waals surface area contributed by atoms with Gasteiger partial charge in [0, 0.05) is 12.5 Å². The summed E-state index contributed by atoms with van der Waals surface area (Å²) in [6, 6.07) is 0. The standard InChI is InChI=1S/C12H26O3/c1-4-9(2)12(15)10(3)11(14)7-5-6-8-13/h9-15H,4-8H2,1-3H3. The molecular formula is C12H26O3. The van der Waals surface area contributed by atoms with Crippen LogP contribution < -0.4 is 0 Å². The Bertz CT molecular complexity index is 150. The summed E-state index contributed by atoms with van der Waals surface area (Å²) in [4.78, 5) is 0. The maximum atomic E-state index is 9.90. The lowest BCUT2D eigenvalue weighted by Gasteiger charge is -2.28. The monoisotopic (exact) mass is 218 g/mol. The highest BCUT2D eigenvalue weighted by Crippen LogP contribution is 2.21. The van der Waals surface area contributed by atoms with Crippen molar-refractivity contribution in [3.05, 3.63) is 0 Å². The van der Waals surface area contributed by atoms with Crippen molar-refractivity contribution >= 4 is 0 Å². The topological polar surface area (TPSA) is 60.7 Å². The first-order chi connectivity index (χ1) is 7.04. The Kier molecular flexibility index (Phi) is 8.02. The van der Waals surface area contributed by atoms with E-state index in [1.807, 2.05) is 20.8 Å². The summed E-state index contributed by atoms with van der Waals surface area (Å²) in [6.07, 6.45) is 2.24. The second kappa shape index (κ2) is 8.08. The Labute approximate surface area is 93.1 Å². The zero-order chi connectivity index (χ0) is 11.8. The molecule has 0 rings (SSSR count). The molecule has 0 saturated carbocycles. The lowest BCUT2D eigenvalue weighted by molar-refractivity contribution is -0.0111. The molecule has 0 bridgehead atoms. The Balaban J connectivity index is 3.90. The SMILES string of the molecule is CCC(C)C(O)C(C)C(O)CCCCO. The van der Waals surface area contributed by atoms with E-state index in [-0.39, 0.29) is 18.4 Å². The minimum absolute atomic E-state index is 0.0846. The number of rotatable bonds is 8. The Morgan fingerprint density at radius 1 is 1.07 bits per heavy atom. The first-order valence-corrected chi connectivity index (χ1v) is 6.01. The van der Waals surface area contributed by atoms with E-state index in [2.05, 4.69) is 0 Å². The molecule has 4 atom stereocenters. The minimum Gasteiger partial charge on any atom is -0.396 e. The van der Waals surface area contributed by atoms with Crippen molar-refractivity contribution in [3.8, 4) is 0 Å². The number of unbranched alkanes of at least 4 members (excludes halogenated alkanes) is 1. The first kappa shape index (κ1) is 14.9. The molecule has 0 aromatic carbocycles. The van der Waals surface area contributed by atoms with Gasteiger partial charge in [-0.05, 0) is 25.2 Å². The molecule has 15 heavy (non-hydrogen) atoms. The van der Waals surface area contributed by atoms with Gasteiger partial charge < -0.3 is 15.3 Å². The van der Waals surface area contributed by atoms with Gasteiger partial charge >= 0.3 is 0 Å². The van der Waals surface area contributed by atoms with E-state index < -0.39 is 12.2 Å². The van der Waals surface area contributed by atoms with Crippen molar-refractivity contribution in [2.24, 2.45) is 11.8 Å². The number of hydrogen-bond acceptors (Lipinski definition) is 3. The van der Waals surface area contributed by atoms with Crippen molar-refractivity contribution in [2.45, 2.75) is 58.7 Å². The summed E-state index contributed by atoms with van der Waals surface area (Å²) in [5.74, 6) is 0.145. The van der Waals surface area contributed by atoms with Crippen LogP contribution in [0.25, 0.3) is 0 Å². The fraction of sp³-hybridized carbons (Fsp3) is 1.00. The average molecular weight is 218 g/mol. The third-order valence-corrected chi connectivity index (χ3v) is 3.28. The predicted molar refractivity (Wildman–Crippen MR) is 61.6 cm³/mol. The molecule has 3 N–H and O–H groups in total. The van der Waals surface area contributed by atoms with Gasteiger partial charge in [-0.1, -0.05) is 27.2 Å². The summed E-state index contributed by atoms with van der Waals surface area (Å²) in [6.45, 7) is 6.11. The summed E-state index contributed by atoms with van der Waals surface area (Å²) in [7, 11) is 0. The van der Waals surface area contributed by atoms with E-state index in [4.69, 9.17) is 5.11 Å². The second-order valence-electron chi connectivity index (χ2n) is 4.52. The highest BCUT2D eigenvalue weighted by molar-refractivity contribution is 4.75. The van der Waals surface area contributed by atoms with Gasteiger partial charge in [0.25, 0.3) is 0 Å². The Morgan fingerprint density at radius 3 is 2.13 bits per heavy atom. The fourth-order valence-corrected chi connectivity index (χ4v) is 1.72. The maximum Gasteiger partial charge on any atom is 0.0615 e. The van der Waals surface area contributed by atoms with Crippen molar-refractivity contribution in [2.75, 3.05) is 6.61 Å². The minimum atomic E-state index is -0.458. The van der Waals surface area contributed by atoms with Gasteiger partial charge in [0.1, 0.15) is 0 Å². The Hall–Kier alpha value is -0.120. The van der Waals surface area contributed by atoms with Gasteiger partial charge in [0.2, 0.25) is 0 Å². The lowest BCUT2D eigenvalue weighted by Crippen LogP contribution is -2.33. The van der Waals surface area contributed by atoms with Crippen molar-refractivity contribution < 1.29 is 15.3 Å². The molecule has 3 heteroatoms. The molecule has 0 heterocycles. The third kappa shape index (κ3) is 5.50. The number of hydrogen-bond donors (Lipinski definition) is 3. The molecule has 92 valence electrons. The molecule has 3 nitrogen and oxygen atoms in total. The molecule has 0 spiro atoms. The van der Waals surface area contributed by atoms with Crippen LogP contribution in [0.5, 0.6) is 0 Å². The molecule has 0 amide bonds. The molecule has 0 aliphatic rings. The Morgan fingerprint density at radius 2 is 1.67 bits per heavy atom. The molecular weight excluding hydrogens is 192 g/mol. The van der Waals surface area contributed by atoms with Crippen molar-refractivity contribution in [3.63, 3.8) is 0 Å². The van der Waals surface area contributed by atoms with Gasteiger partial charge in [-0.15, -0.1) is 0 Å². The third-order valence-electron chi connectivity index (χ3n) is 3.28. The maximum absolute atomic E-state index is 9.90. The average Bonchev–Trinajstić information content (AvgIpc) is 2.26. The highest BCUT2D eigenvalue weighted by Gasteiger charge is 2.25. The molecule has 0 aliphatic heterocycles. The quantitative estimate of drug-likeness (QED) is 0.542. The van der Waals surface area contributed by atoms with Crippen LogP contribution in [0.3, 0.4) is 0 Å². The van der Waals surface area contributed by atoms with Crippen LogP contribution >= 0.6 is 0 Å². The molecule has 0 aromatic heterocycles. The lowest BCUT2D eigenvalue weighted by atomic mass is 9.86. The highest BCUT2D eigenvalue weighted by atomic mass is 16.3. The first-order valence-electron chi connectivity index (χ1n) is 6.01. The summed E-state index contributed by atoms with van der Waals surface area (Å²) in [5, 5.41) is 28.3. The van der Waals surface area contributed by atoms with Crippen LogP contribution in [0.2, 0.25) is 0 Å². The molecule has 0 aromatic rings. The largest absolute Gasteiger partial charge is 0.396 e. The van der Waals surface area contributed by atoms with Crippen LogP contribution in [0, 0.1) is 11.8 Å². The molecule has 4 unspecified atom stereocenters. The summed E-state index contributed by atoms with van der Waals surface area (Å²) in [5.41, 5.74) is 0. The van der Waals surface area contributed by atoms with Gasteiger partial charge in [0.15, 0.2) is 0 Å². The molecule has 0 fully saturated rings. The van der Waals surface area contributed by atoms with Crippen LogP contribution in [0.4, 0.5) is 0 Å². The van der Waals surface area contributed by atoms with E-state index in [0.29, 0.717) is 6.42 Å². The summed E-state index contributed by atoms with van der Waals surface area (Å²) >= 11 is 0. The van der Waals surface area contributed by atoms with Gasteiger partial charge in [-0.25, -0.2) is 0 Å². The van der Waals surface area contributed by atoms with E-state index in [0.717, 1.165) is 19.3 Å². The van der Waals surface area contributed by atoms with Gasteiger partial charge in [0.05, 0.1) is 12.2 Å². The number of aliphatic hydroxyl groups is 3. The smallest absolute Gasteiger partial charge is 0.0615 e. The zero-order valence-corrected chi connectivity index (χ0v) is 10.2.